The molecule has 6 heteroatoms. The Labute approximate surface area is 141 Å². The van der Waals surface area contributed by atoms with Crippen LogP contribution in [0.25, 0.3) is 11.5 Å². The summed E-state index contributed by atoms with van der Waals surface area (Å²) in [5, 5.41) is 2.92. The van der Waals surface area contributed by atoms with Crippen molar-refractivity contribution in [2.75, 3.05) is 13.3 Å². The van der Waals surface area contributed by atoms with Gasteiger partial charge in [-0.15, -0.1) is 0 Å². The van der Waals surface area contributed by atoms with E-state index in [0.29, 0.717) is 35.4 Å². The van der Waals surface area contributed by atoms with Gasteiger partial charge in [-0.3, -0.25) is 4.79 Å². The molecule has 1 aliphatic rings. The van der Waals surface area contributed by atoms with Crippen LogP contribution in [0.3, 0.4) is 0 Å². The average Bonchev–Trinajstić information content (AvgIpc) is 3.18. The van der Waals surface area contributed by atoms with Gasteiger partial charge in [-0.25, -0.2) is 4.98 Å². The second-order valence-corrected chi connectivity index (χ2v) is 5.82. The van der Waals surface area contributed by atoms with Crippen LogP contribution in [0, 0.1) is 6.92 Å². The molecule has 2 heterocycles. The van der Waals surface area contributed by atoms with Crippen molar-refractivity contribution in [3.8, 4) is 23.0 Å². The van der Waals surface area contributed by atoms with Crippen LogP contribution in [0.2, 0.25) is 0 Å². The molecule has 24 heavy (non-hydrogen) atoms. The molecule has 0 unspecified atom stereocenters. The van der Waals surface area contributed by atoms with Crippen LogP contribution >= 0.6 is 0 Å². The SMILES string of the molecule is CCCCCNC(=O)Cc1nc(-c2ccc3c(c2)OCO3)oc1C. The van der Waals surface area contributed by atoms with Crippen molar-refractivity contribution in [1.82, 2.24) is 10.3 Å². The number of nitrogens with one attached hydrogen (secondary N) is 1. The Kier molecular flexibility index (Phi) is 5.03. The van der Waals surface area contributed by atoms with Gasteiger partial charge < -0.3 is 19.2 Å². The Bertz CT molecular complexity index is 724. The molecule has 0 radical (unpaired) electrons. The average molecular weight is 330 g/mol. The lowest BCUT2D eigenvalue weighted by molar-refractivity contribution is -0.120. The fraction of sp³-hybridized carbons (Fsp3) is 0.444. The molecule has 0 fully saturated rings. The molecule has 0 bridgehead atoms. The van der Waals surface area contributed by atoms with Gasteiger partial charge in [0.1, 0.15) is 5.76 Å². The Morgan fingerprint density at radius 3 is 2.92 bits per heavy atom. The number of benzene rings is 1. The van der Waals surface area contributed by atoms with Gasteiger partial charge in [0.2, 0.25) is 18.6 Å². The number of rotatable bonds is 7. The molecule has 2 aromatic rings. The van der Waals surface area contributed by atoms with E-state index in [9.17, 15) is 4.79 Å². The minimum Gasteiger partial charge on any atom is -0.454 e. The van der Waals surface area contributed by atoms with Gasteiger partial charge in [0, 0.05) is 12.1 Å². The summed E-state index contributed by atoms with van der Waals surface area (Å²) < 4.78 is 16.4. The monoisotopic (exact) mass is 330 g/mol. The van der Waals surface area contributed by atoms with E-state index in [0.717, 1.165) is 24.8 Å². The minimum atomic E-state index is -0.0280. The molecule has 0 aliphatic carbocycles. The third kappa shape index (κ3) is 3.69. The molecule has 0 saturated heterocycles. The standard InChI is InChI=1S/C18H22N2O4/c1-3-4-5-8-19-17(21)10-14-12(2)24-18(20-14)13-6-7-15-16(9-13)23-11-22-15/h6-7,9H,3-5,8,10-11H2,1-2H3,(H,19,21). The minimum absolute atomic E-state index is 0.0280. The van der Waals surface area contributed by atoms with Crippen molar-refractivity contribution in [1.29, 1.82) is 0 Å². The van der Waals surface area contributed by atoms with Gasteiger partial charge in [0.15, 0.2) is 11.5 Å². The first-order valence-electron chi connectivity index (χ1n) is 8.30. The lowest BCUT2D eigenvalue weighted by atomic mass is 10.2. The van der Waals surface area contributed by atoms with E-state index >= 15 is 0 Å². The van der Waals surface area contributed by atoms with Crippen LogP contribution in [-0.2, 0) is 11.2 Å². The van der Waals surface area contributed by atoms with E-state index in [1.807, 2.05) is 25.1 Å². The lowest BCUT2D eigenvalue weighted by Crippen LogP contribution is -2.26. The van der Waals surface area contributed by atoms with E-state index in [4.69, 9.17) is 13.9 Å². The first-order chi connectivity index (χ1) is 11.7. The third-order valence-electron chi connectivity index (χ3n) is 3.94. The zero-order chi connectivity index (χ0) is 16.9. The van der Waals surface area contributed by atoms with E-state index in [-0.39, 0.29) is 19.1 Å². The Balaban J connectivity index is 1.65. The number of hydrogen-bond acceptors (Lipinski definition) is 5. The van der Waals surface area contributed by atoms with Crippen LogP contribution in [0.15, 0.2) is 22.6 Å². The first-order valence-corrected chi connectivity index (χ1v) is 8.30. The number of carbonyl (C=O) groups excluding carboxylic acids is 1. The zero-order valence-electron chi connectivity index (χ0n) is 14.1. The van der Waals surface area contributed by atoms with Crippen molar-refractivity contribution in [2.45, 2.75) is 39.5 Å². The first kappa shape index (κ1) is 16.4. The molecule has 1 aliphatic heterocycles. The maximum atomic E-state index is 12.0. The summed E-state index contributed by atoms with van der Waals surface area (Å²) in [4.78, 5) is 16.5. The Morgan fingerprint density at radius 2 is 2.08 bits per heavy atom. The van der Waals surface area contributed by atoms with Gasteiger partial charge in [-0.05, 0) is 31.5 Å². The van der Waals surface area contributed by atoms with Crippen LogP contribution in [0.5, 0.6) is 11.5 Å². The van der Waals surface area contributed by atoms with E-state index in [1.54, 1.807) is 0 Å². The van der Waals surface area contributed by atoms with E-state index in [1.165, 1.54) is 0 Å². The van der Waals surface area contributed by atoms with Crippen LogP contribution in [0.4, 0.5) is 0 Å². The lowest BCUT2D eigenvalue weighted by Gasteiger charge is -2.03. The molecule has 3 rings (SSSR count). The number of fused-ring (bicyclic) bond motifs is 1. The number of oxazole rings is 1. The van der Waals surface area contributed by atoms with Gasteiger partial charge in [-0.1, -0.05) is 19.8 Å². The molecule has 1 aromatic heterocycles. The van der Waals surface area contributed by atoms with Crippen molar-refractivity contribution >= 4 is 5.91 Å². The van der Waals surface area contributed by atoms with Crippen LogP contribution in [0.1, 0.15) is 37.6 Å². The molecule has 128 valence electrons. The molecule has 0 spiro atoms. The summed E-state index contributed by atoms with van der Waals surface area (Å²) in [6, 6.07) is 5.53. The fourth-order valence-electron chi connectivity index (χ4n) is 2.56. The molecule has 6 nitrogen and oxygen atoms in total. The number of aromatic nitrogens is 1. The largest absolute Gasteiger partial charge is 0.454 e. The number of amides is 1. The van der Waals surface area contributed by atoms with Crippen molar-refractivity contribution in [3.63, 3.8) is 0 Å². The molecule has 0 saturated carbocycles. The van der Waals surface area contributed by atoms with E-state index < -0.39 is 0 Å². The van der Waals surface area contributed by atoms with Gasteiger partial charge in [0.05, 0.1) is 12.1 Å². The second kappa shape index (κ2) is 7.38. The zero-order valence-corrected chi connectivity index (χ0v) is 14.1. The van der Waals surface area contributed by atoms with Crippen molar-refractivity contribution < 1.29 is 18.7 Å². The molecular formula is C18H22N2O4. The smallest absolute Gasteiger partial charge is 0.231 e. The number of ether oxygens (including phenoxy) is 2. The molecule has 0 atom stereocenters. The highest BCUT2D eigenvalue weighted by molar-refractivity contribution is 5.78. The topological polar surface area (TPSA) is 73.6 Å². The molecule has 1 amide bonds. The molecule has 1 N–H and O–H groups in total. The van der Waals surface area contributed by atoms with Crippen LogP contribution < -0.4 is 14.8 Å². The summed E-state index contributed by atoms with van der Waals surface area (Å²) in [6.45, 7) is 4.90. The third-order valence-corrected chi connectivity index (χ3v) is 3.94. The second-order valence-electron chi connectivity index (χ2n) is 5.82. The van der Waals surface area contributed by atoms with Crippen LogP contribution in [-0.4, -0.2) is 24.2 Å². The summed E-state index contributed by atoms with van der Waals surface area (Å²) in [6.07, 6.45) is 3.49. The highest BCUT2D eigenvalue weighted by Crippen LogP contribution is 2.36. The highest BCUT2D eigenvalue weighted by Gasteiger charge is 2.18. The fourth-order valence-corrected chi connectivity index (χ4v) is 2.56. The van der Waals surface area contributed by atoms with Gasteiger partial charge in [-0.2, -0.15) is 0 Å². The summed E-state index contributed by atoms with van der Waals surface area (Å²) in [5.74, 6) is 2.51. The van der Waals surface area contributed by atoms with Crippen molar-refractivity contribution in [3.05, 3.63) is 29.7 Å². The summed E-state index contributed by atoms with van der Waals surface area (Å²) in [5.41, 5.74) is 1.47. The Hall–Kier alpha value is -2.50. The normalized spacial score (nSPS) is 12.4. The predicted molar refractivity (Wildman–Crippen MR) is 89.0 cm³/mol. The van der Waals surface area contributed by atoms with Gasteiger partial charge >= 0.3 is 0 Å². The maximum Gasteiger partial charge on any atom is 0.231 e. The number of hydrogen-bond donors (Lipinski definition) is 1. The van der Waals surface area contributed by atoms with E-state index in [2.05, 4.69) is 17.2 Å². The van der Waals surface area contributed by atoms with Crippen molar-refractivity contribution in [2.24, 2.45) is 0 Å². The number of aryl methyl sites for hydroxylation is 1. The Morgan fingerprint density at radius 1 is 1.25 bits per heavy atom. The number of nitrogens with zero attached hydrogens (tertiary/aromatic N) is 1. The van der Waals surface area contributed by atoms with Gasteiger partial charge in [0.25, 0.3) is 0 Å². The molecular weight excluding hydrogens is 308 g/mol. The summed E-state index contributed by atoms with van der Waals surface area (Å²) >= 11 is 0. The quantitative estimate of drug-likeness (QED) is 0.789. The highest BCUT2D eigenvalue weighted by atomic mass is 16.7. The number of carbonyl (C=O) groups is 1. The number of unbranched alkanes of at least 4 members (excludes halogenated alkanes) is 2. The maximum absolute atomic E-state index is 12.0. The summed E-state index contributed by atoms with van der Waals surface area (Å²) in [7, 11) is 0. The molecule has 1 aromatic carbocycles. The predicted octanol–water partition coefficient (Wildman–Crippen LogP) is 3.23.